The van der Waals surface area contributed by atoms with Crippen molar-refractivity contribution < 1.29 is 19.1 Å². The Labute approximate surface area is 234 Å². The minimum absolute atomic E-state index is 0.0706. The maximum Gasteiger partial charge on any atom is 0.245 e. The summed E-state index contributed by atoms with van der Waals surface area (Å²) >= 11 is 1.60. The average Bonchev–Trinajstić information content (AvgIpc) is 3.23. The van der Waals surface area contributed by atoms with E-state index in [9.17, 15) is 14.4 Å². The van der Waals surface area contributed by atoms with Crippen molar-refractivity contribution >= 4 is 29.1 Å². The number of ether oxygens (including phenoxy) is 1. The minimum Gasteiger partial charge on any atom is -0.371 e. The smallest absolute Gasteiger partial charge is 0.245 e. The van der Waals surface area contributed by atoms with E-state index in [1.807, 2.05) is 53.9 Å². The first kappa shape index (κ1) is 27.7. The SMILES string of the molecule is CNC(=O)[C@@H](NC(=O)[C@@H]1CN(Cc2cncs2)CC12CN(C(=O)[C@H]1CC1(C)C)C2)[C@@H](C)OCc1ccccc1. The molecule has 0 radical (unpaired) electrons. The Bertz CT molecular complexity index is 1180. The Morgan fingerprint density at radius 1 is 1.15 bits per heavy atom. The number of likely N-dealkylation sites (tertiary alicyclic amines) is 2. The number of amides is 3. The van der Waals surface area contributed by atoms with E-state index < -0.39 is 12.1 Å². The minimum atomic E-state index is -0.830. The zero-order chi connectivity index (χ0) is 27.8. The van der Waals surface area contributed by atoms with Crippen LogP contribution >= 0.6 is 11.3 Å². The standard InChI is InChI=1S/C29H39N5O4S/c1-19(38-14-20-8-6-5-7-9-20)24(26(36)30-4)32-25(35)23-13-33(12-21-11-31-18-39-21)15-29(23)16-34(17-29)27(37)22-10-28(22,2)3/h5-9,11,18-19,22-24H,10,12-17H2,1-4H3,(H,30,36)(H,32,35)/t19-,22-,23+,24+/m1/s1. The van der Waals surface area contributed by atoms with E-state index in [1.54, 1.807) is 18.4 Å². The third-order valence-corrected chi connectivity index (χ3v) is 9.45. The molecule has 39 heavy (non-hydrogen) atoms. The maximum absolute atomic E-state index is 13.9. The van der Waals surface area contributed by atoms with Crippen LogP contribution in [-0.2, 0) is 32.3 Å². The van der Waals surface area contributed by atoms with Crippen molar-refractivity contribution in [3.05, 3.63) is 52.5 Å². The number of nitrogens with zero attached hydrogens (tertiary/aromatic N) is 3. The molecule has 3 aliphatic rings. The molecule has 1 saturated carbocycles. The van der Waals surface area contributed by atoms with Crippen molar-refractivity contribution in [3.8, 4) is 0 Å². The van der Waals surface area contributed by atoms with Gasteiger partial charge in [-0.1, -0.05) is 44.2 Å². The van der Waals surface area contributed by atoms with Gasteiger partial charge in [0, 0.05) is 62.2 Å². The Balaban J connectivity index is 1.28. The van der Waals surface area contributed by atoms with Crippen LogP contribution in [-0.4, -0.2) is 77.9 Å². The fraction of sp³-hybridized carbons (Fsp3) is 0.586. The van der Waals surface area contributed by atoms with Crippen LogP contribution in [0.4, 0.5) is 0 Å². The number of benzene rings is 1. The second kappa shape index (κ2) is 11.0. The summed E-state index contributed by atoms with van der Waals surface area (Å²) in [7, 11) is 1.56. The molecule has 0 bridgehead atoms. The van der Waals surface area contributed by atoms with E-state index in [1.165, 1.54) is 0 Å². The van der Waals surface area contributed by atoms with Crippen LogP contribution < -0.4 is 10.6 Å². The quantitative estimate of drug-likeness (QED) is 0.468. The predicted octanol–water partition coefficient (Wildman–Crippen LogP) is 2.29. The third kappa shape index (κ3) is 5.88. The van der Waals surface area contributed by atoms with Gasteiger partial charge in [-0.05, 0) is 24.3 Å². The Hall–Kier alpha value is -2.82. The Morgan fingerprint density at radius 2 is 1.87 bits per heavy atom. The number of thiazole rings is 1. The molecule has 2 aliphatic heterocycles. The normalized spacial score (nSPS) is 24.6. The van der Waals surface area contributed by atoms with Crippen molar-refractivity contribution in [2.75, 3.05) is 33.2 Å². The molecule has 1 aromatic heterocycles. The predicted molar refractivity (Wildman–Crippen MR) is 148 cm³/mol. The highest BCUT2D eigenvalue weighted by atomic mass is 32.1. The van der Waals surface area contributed by atoms with E-state index in [2.05, 4.69) is 34.4 Å². The van der Waals surface area contributed by atoms with Crippen LogP contribution in [0.2, 0.25) is 0 Å². The van der Waals surface area contributed by atoms with Crippen LogP contribution in [0.25, 0.3) is 0 Å². The third-order valence-electron chi connectivity index (χ3n) is 8.68. The molecule has 2 N–H and O–H groups in total. The topological polar surface area (TPSA) is 104 Å². The second-order valence-electron chi connectivity index (χ2n) is 12.1. The van der Waals surface area contributed by atoms with Gasteiger partial charge >= 0.3 is 0 Å². The summed E-state index contributed by atoms with van der Waals surface area (Å²) in [6.45, 7) is 9.57. The van der Waals surface area contributed by atoms with Crippen molar-refractivity contribution in [1.29, 1.82) is 0 Å². The first-order valence-corrected chi connectivity index (χ1v) is 14.6. The van der Waals surface area contributed by atoms with Gasteiger partial charge in [0.25, 0.3) is 0 Å². The molecule has 3 fully saturated rings. The fourth-order valence-electron chi connectivity index (χ4n) is 6.10. The average molecular weight is 554 g/mol. The van der Waals surface area contributed by atoms with Crippen LogP contribution in [0.1, 0.15) is 37.6 Å². The molecule has 2 aromatic rings. The highest BCUT2D eigenvalue weighted by Crippen LogP contribution is 2.54. The van der Waals surface area contributed by atoms with Gasteiger partial charge in [0.2, 0.25) is 17.7 Å². The molecule has 4 atom stereocenters. The van der Waals surface area contributed by atoms with Crippen molar-refractivity contribution in [2.24, 2.45) is 22.7 Å². The van der Waals surface area contributed by atoms with Crippen LogP contribution in [0.15, 0.2) is 42.0 Å². The lowest BCUT2D eigenvalue weighted by Crippen LogP contribution is -2.65. The summed E-state index contributed by atoms with van der Waals surface area (Å²) in [6, 6.07) is 8.92. The van der Waals surface area contributed by atoms with Gasteiger partial charge in [-0.25, -0.2) is 0 Å². The molecular weight excluding hydrogens is 514 g/mol. The molecule has 0 unspecified atom stereocenters. The van der Waals surface area contributed by atoms with Crippen LogP contribution in [0.5, 0.6) is 0 Å². The number of carbonyl (C=O) groups is 3. The molecule has 1 aromatic carbocycles. The van der Waals surface area contributed by atoms with Gasteiger partial charge in [0.15, 0.2) is 0 Å². The largest absolute Gasteiger partial charge is 0.371 e. The molecule has 3 amide bonds. The van der Waals surface area contributed by atoms with Crippen molar-refractivity contribution in [3.63, 3.8) is 0 Å². The number of nitrogens with one attached hydrogen (secondary N) is 2. The van der Waals surface area contributed by atoms with Gasteiger partial charge in [0.1, 0.15) is 6.04 Å². The number of likely N-dealkylation sites (N-methyl/N-ethyl adjacent to an activating group) is 1. The van der Waals surface area contributed by atoms with Gasteiger partial charge in [-0.3, -0.25) is 24.3 Å². The van der Waals surface area contributed by atoms with E-state index in [-0.39, 0.29) is 40.4 Å². The van der Waals surface area contributed by atoms with E-state index in [0.29, 0.717) is 26.2 Å². The van der Waals surface area contributed by atoms with Crippen molar-refractivity contribution in [1.82, 2.24) is 25.4 Å². The molecule has 210 valence electrons. The molecule has 1 aliphatic carbocycles. The summed E-state index contributed by atoms with van der Waals surface area (Å²) in [5.74, 6) is -0.507. The number of carbonyl (C=O) groups excluding carboxylic acids is 3. The number of aromatic nitrogens is 1. The summed E-state index contributed by atoms with van der Waals surface area (Å²) < 4.78 is 6.02. The number of hydrogen-bond donors (Lipinski definition) is 2. The summed E-state index contributed by atoms with van der Waals surface area (Å²) in [5, 5.41) is 5.70. The monoisotopic (exact) mass is 553 g/mol. The molecule has 1 spiro atoms. The van der Waals surface area contributed by atoms with E-state index >= 15 is 0 Å². The highest BCUT2D eigenvalue weighted by molar-refractivity contribution is 7.09. The lowest BCUT2D eigenvalue weighted by molar-refractivity contribution is -0.152. The van der Waals surface area contributed by atoms with Gasteiger partial charge < -0.3 is 20.3 Å². The molecule has 10 heteroatoms. The van der Waals surface area contributed by atoms with Crippen molar-refractivity contribution in [2.45, 2.75) is 52.5 Å². The first-order chi connectivity index (χ1) is 18.6. The van der Waals surface area contributed by atoms with Gasteiger partial charge in [-0.15, -0.1) is 11.3 Å². The van der Waals surface area contributed by atoms with Gasteiger partial charge in [-0.2, -0.15) is 0 Å². The molecule has 3 heterocycles. The van der Waals surface area contributed by atoms with Crippen LogP contribution in [0.3, 0.4) is 0 Å². The zero-order valence-corrected chi connectivity index (χ0v) is 24.0. The fourth-order valence-corrected chi connectivity index (χ4v) is 6.73. The number of hydrogen-bond acceptors (Lipinski definition) is 7. The summed E-state index contributed by atoms with van der Waals surface area (Å²) in [6.07, 6.45) is 2.26. The van der Waals surface area contributed by atoms with Crippen LogP contribution in [0, 0.1) is 22.7 Å². The zero-order valence-electron chi connectivity index (χ0n) is 23.2. The van der Waals surface area contributed by atoms with E-state index in [4.69, 9.17) is 4.74 Å². The Kier molecular flexibility index (Phi) is 7.81. The highest BCUT2D eigenvalue weighted by Gasteiger charge is 2.61. The lowest BCUT2D eigenvalue weighted by atomic mass is 9.70. The second-order valence-corrected chi connectivity index (χ2v) is 13.1. The van der Waals surface area contributed by atoms with Gasteiger partial charge in [0.05, 0.1) is 24.1 Å². The maximum atomic E-state index is 13.9. The first-order valence-electron chi connectivity index (χ1n) is 13.7. The molecule has 2 saturated heterocycles. The molecule has 9 nitrogen and oxygen atoms in total. The summed E-state index contributed by atoms with van der Waals surface area (Å²) in [4.78, 5) is 49.3. The molecular formula is C29H39N5O4S. The van der Waals surface area contributed by atoms with E-state index in [0.717, 1.165) is 30.0 Å². The number of rotatable bonds is 10. The molecule has 5 rings (SSSR count). The summed E-state index contributed by atoms with van der Waals surface area (Å²) in [5.41, 5.74) is 2.56. The Morgan fingerprint density at radius 3 is 2.49 bits per heavy atom. The lowest BCUT2D eigenvalue weighted by Gasteiger charge is -2.51.